The number of urea groups is 1. The number of aromatic nitrogens is 1. The van der Waals surface area contributed by atoms with Crippen LogP contribution < -0.4 is 19.3 Å². The molecule has 1 aromatic carbocycles. The Morgan fingerprint density at radius 1 is 1.21 bits per heavy atom. The maximum absolute atomic E-state index is 15.2. The van der Waals surface area contributed by atoms with Gasteiger partial charge >= 0.3 is 6.03 Å². The second-order valence-electron chi connectivity index (χ2n) is 8.11. The molecule has 1 aromatic heterocycles. The number of hydrogen-bond acceptors (Lipinski definition) is 5. The van der Waals surface area contributed by atoms with E-state index in [1.807, 2.05) is 13.8 Å². The standard InChI is InChI=1S/C24H27F2N3O4/c1-6-17(30)8-7-16-9-18-15(11-27-16)13-29(24(31)28(18)12-14(2)3)23-21(25)19(32-4)10-20(33-5)22(23)26/h6,9-11,14H,1,7-8,12-13H2,2-5H3. The first-order valence-corrected chi connectivity index (χ1v) is 10.5. The van der Waals surface area contributed by atoms with Crippen molar-refractivity contribution >= 4 is 23.2 Å². The fourth-order valence-corrected chi connectivity index (χ4v) is 3.69. The molecular weight excluding hydrogens is 432 g/mol. The number of fused-ring (bicyclic) bond motifs is 1. The summed E-state index contributed by atoms with van der Waals surface area (Å²) in [6.45, 7) is 7.57. The number of benzene rings is 1. The summed E-state index contributed by atoms with van der Waals surface area (Å²) in [6.07, 6.45) is 3.47. The molecule has 2 amide bonds. The average molecular weight is 459 g/mol. The van der Waals surface area contributed by atoms with E-state index in [0.29, 0.717) is 29.9 Å². The molecule has 0 radical (unpaired) electrons. The van der Waals surface area contributed by atoms with E-state index < -0.39 is 23.4 Å². The highest BCUT2D eigenvalue weighted by molar-refractivity contribution is 6.06. The van der Waals surface area contributed by atoms with Crippen LogP contribution in [0.25, 0.3) is 0 Å². The molecule has 0 spiro atoms. The minimum Gasteiger partial charge on any atom is -0.493 e. The van der Waals surface area contributed by atoms with E-state index >= 15 is 8.78 Å². The van der Waals surface area contributed by atoms with Crippen molar-refractivity contribution in [2.45, 2.75) is 33.2 Å². The zero-order valence-electron chi connectivity index (χ0n) is 19.2. The number of halogens is 2. The van der Waals surface area contributed by atoms with Crippen LogP contribution in [0.5, 0.6) is 11.5 Å². The van der Waals surface area contributed by atoms with Gasteiger partial charge in [0.15, 0.2) is 28.9 Å². The first-order valence-electron chi connectivity index (χ1n) is 10.5. The summed E-state index contributed by atoms with van der Waals surface area (Å²) in [4.78, 5) is 32.0. The van der Waals surface area contributed by atoms with Crippen LogP contribution in [0, 0.1) is 17.6 Å². The van der Waals surface area contributed by atoms with Crippen LogP contribution >= 0.6 is 0 Å². The highest BCUT2D eigenvalue weighted by atomic mass is 19.1. The Bertz CT molecular complexity index is 1060. The first kappa shape index (κ1) is 24.2. The zero-order valence-corrected chi connectivity index (χ0v) is 19.2. The van der Waals surface area contributed by atoms with Crippen molar-refractivity contribution in [2.75, 3.05) is 30.6 Å². The SMILES string of the molecule is C=CC(=O)CCc1cc2c(cn1)CN(c1c(F)c(OC)cc(OC)c1F)C(=O)N2CC(C)C. The molecule has 0 N–H and O–H groups in total. The Balaban J connectivity index is 2.09. The molecule has 1 aliphatic rings. The number of hydrogen-bond donors (Lipinski definition) is 0. The molecule has 2 heterocycles. The van der Waals surface area contributed by atoms with E-state index in [9.17, 15) is 9.59 Å². The van der Waals surface area contributed by atoms with Crippen molar-refractivity contribution in [3.8, 4) is 11.5 Å². The number of nitrogens with zero attached hydrogens (tertiary/aromatic N) is 3. The van der Waals surface area contributed by atoms with Gasteiger partial charge in [0.1, 0.15) is 5.69 Å². The molecular formula is C24H27F2N3O4. The van der Waals surface area contributed by atoms with Gasteiger partial charge in [0.25, 0.3) is 0 Å². The summed E-state index contributed by atoms with van der Waals surface area (Å²) in [6, 6.07) is 2.27. The Morgan fingerprint density at radius 3 is 2.39 bits per heavy atom. The van der Waals surface area contributed by atoms with Gasteiger partial charge in [-0.2, -0.15) is 0 Å². The lowest BCUT2D eigenvalue weighted by Crippen LogP contribution is -2.49. The summed E-state index contributed by atoms with van der Waals surface area (Å²) < 4.78 is 40.4. The lowest BCUT2D eigenvalue weighted by atomic mass is 10.0. The Morgan fingerprint density at radius 2 is 1.85 bits per heavy atom. The van der Waals surface area contributed by atoms with Gasteiger partial charge in [0.05, 0.1) is 26.5 Å². The summed E-state index contributed by atoms with van der Waals surface area (Å²) in [5, 5.41) is 0. The number of amides is 2. The van der Waals surface area contributed by atoms with Gasteiger partial charge in [-0.3, -0.25) is 19.6 Å². The molecule has 176 valence electrons. The minimum absolute atomic E-state index is 0.0789. The Kier molecular flexibility index (Phi) is 7.30. The van der Waals surface area contributed by atoms with Crippen LogP contribution in [0.3, 0.4) is 0 Å². The third-order valence-electron chi connectivity index (χ3n) is 5.32. The number of ketones is 1. The van der Waals surface area contributed by atoms with E-state index in [1.165, 1.54) is 25.2 Å². The number of methoxy groups -OCH3 is 2. The lowest BCUT2D eigenvalue weighted by Gasteiger charge is -2.38. The van der Waals surface area contributed by atoms with Crippen molar-refractivity contribution in [3.05, 3.63) is 53.9 Å². The van der Waals surface area contributed by atoms with Crippen molar-refractivity contribution in [3.63, 3.8) is 0 Å². The molecule has 0 unspecified atom stereocenters. The summed E-state index contributed by atoms with van der Waals surface area (Å²) in [7, 11) is 2.50. The number of carbonyl (C=O) groups excluding carboxylic acids is 2. The number of aryl methyl sites for hydroxylation is 1. The van der Waals surface area contributed by atoms with E-state index in [-0.39, 0.29) is 36.2 Å². The highest BCUT2D eigenvalue weighted by Crippen LogP contribution is 2.41. The van der Waals surface area contributed by atoms with Gasteiger partial charge in [0, 0.05) is 36.5 Å². The molecule has 33 heavy (non-hydrogen) atoms. The van der Waals surface area contributed by atoms with Crippen LogP contribution in [0.4, 0.5) is 25.0 Å². The predicted octanol–water partition coefficient (Wildman–Crippen LogP) is 4.67. The molecule has 3 rings (SSSR count). The molecule has 0 atom stereocenters. The van der Waals surface area contributed by atoms with Gasteiger partial charge in [-0.05, 0) is 24.5 Å². The molecule has 2 aromatic rings. The third-order valence-corrected chi connectivity index (χ3v) is 5.32. The Labute approximate surface area is 191 Å². The van der Waals surface area contributed by atoms with Crippen molar-refractivity contribution < 1.29 is 27.8 Å². The van der Waals surface area contributed by atoms with E-state index in [0.717, 1.165) is 11.0 Å². The average Bonchev–Trinajstić information content (AvgIpc) is 2.80. The third kappa shape index (κ3) is 4.81. The van der Waals surface area contributed by atoms with Crippen molar-refractivity contribution in [2.24, 2.45) is 5.92 Å². The molecule has 0 saturated heterocycles. The quantitative estimate of drug-likeness (QED) is 0.510. The van der Waals surface area contributed by atoms with Crippen LogP contribution in [0.1, 0.15) is 31.5 Å². The molecule has 0 fully saturated rings. The predicted molar refractivity (Wildman–Crippen MR) is 121 cm³/mol. The maximum atomic E-state index is 15.2. The lowest BCUT2D eigenvalue weighted by molar-refractivity contribution is -0.114. The zero-order chi connectivity index (χ0) is 24.3. The van der Waals surface area contributed by atoms with Gasteiger partial charge in [-0.15, -0.1) is 0 Å². The van der Waals surface area contributed by atoms with E-state index in [2.05, 4.69) is 11.6 Å². The van der Waals surface area contributed by atoms with Gasteiger partial charge in [-0.25, -0.2) is 13.6 Å². The van der Waals surface area contributed by atoms with Crippen LogP contribution in [-0.2, 0) is 17.8 Å². The molecule has 0 aliphatic carbocycles. The fourth-order valence-electron chi connectivity index (χ4n) is 3.69. The molecule has 7 nitrogen and oxygen atoms in total. The van der Waals surface area contributed by atoms with Crippen molar-refractivity contribution in [1.82, 2.24) is 4.98 Å². The maximum Gasteiger partial charge on any atom is 0.329 e. The van der Waals surface area contributed by atoms with Crippen LogP contribution in [-0.4, -0.2) is 37.6 Å². The topological polar surface area (TPSA) is 72.0 Å². The number of anilines is 2. The highest BCUT2D eigenvalue weighted by Gasteiger charge is 2.37. The molecule has 0 bridgehead atoms. The first-order chi connectivity index (χ1) is 15.7. The van der Waals surface area contributed by atoms with Gasteiger partial charge in [-0.1, -0.05) is 20.4 Å². The van der Waals surface area contributed by atoms with Crippen molar-refractivity contribution in [1.29, 1.82) is 0 Å². The summed E-state index contributed by atoms with van der Waals surface area (Å²) in [5.74, 6) is -2.49. The molecule has 9 heteroatoms. The molecule has 1 aliphatic heterocycles. The number of rotatable bonds is 9. The fraction of sp³-hybridized carbons (Fsp3) is 0.375. The van der Waals surface area contributed by atoms with E-state index in [1.54, 1.807) is 12.3 Å². The Hall–Kier alpha value is -3.49. The van der Waals surface area contributed by atoms with E-state index in [4.69, 9.17) is 9.47 Å². The largest absolute Gasteiger partial charge is 0.493 e. The van der Waals surface area contributed by atoms with Gasteiger partial charge in [0.2, 0.25) is 0 Å². The number of ether oxygens (including phenoxy) is 2. The number of carbonyl (C=O) groups is 2. The number of pyridine rings is 1. The molecule has 0 saturated carbocycles. The van der Waals surface area contributed by atoms with Crippen LogP contribution in [0.15, 0.2) is 31.0 Å². The second-order valence-corrected chi connectivity index (χ2v) is 8.11. The summed E-state index contributed by atoms with van der Waals surface area (Å²) in [5.41, 5.74) is 1.32. The normalized spacial score (nSPS) is 13.2. The minimum atomic E-state index is -0.996. The second kappa shape index (κ2) is 9.97. The van der Waals surface area contributed by atoms with Crippen LogP contribution in [0.2, 0.25) is 0 Å². The smallest absolute Gasteiger partial charge is 0.329 e. The van der Waals surface area contributed by atoms with Gasteiger partial charge < -0.3 is 9.47 Å². The monoisotopic (exact) mass is 459 g/mol. The number of allylic oxidation sites excluding steroid dienone is 1. The summed E-state index contributed by atoms with van der Waals surface area (Å²) >= 11 is 0.